The van der Waals surface area contributed by atoms with Crippen LogP contribution in [-0.2, 0) is 4.79 Å². The number of carbonyl (C=O) groups is 1. The third-order valence-electron chi connectivity index (χ3n) is 3.14. The monoisotopic (exact) mass is 352 g/mol. The zero-order valence-electron chi connectivity index (χ0n) is 12.5. The molecule has 0 bridgehead atoms. The van der Waals surface area contributed by atoms with Crippen molar-refractivity contribution in [2.45, 2.75) is 4.21 Å². The van der Waals surface area contributed by atoms with Crippen molar-refractivity contribution in [3.05, 3.63) is 60.2 Å². The Morgan fingerprint density at radius 2 is 1.92 bits per heavy atom. The predicted molar refractivity (Wildman–Crippen MR) is 95.9 cm³/mol. The van der Waals surface area contributed by atoms with Crippen LogP contribution in [0, 0.1) is 11.3 Å². The number of nitrogens with zero attached hydrogens (tertiary/aromatic N) is 3. The highest BCUT2D eigenvalue weighted by Gasteiger charge is 2.13. The summed E-state index contributed by atoms with van der Waals surface area (Å²) in [5, 5.41) is 15.8. The number of carbonyl (C=O) groups excluding carboxylic acids is 1. The topological polar surface area (TPSA) is 78.7 Å². The van der Waals surface area contributed by atoms with E-state index in [0.717, 1.165) is 21.2 Å². The summed E-state index contributed by atoms with van der Waals surface area (Å²) >= 11 is 2.66. The van der Waals surface area contributed by atoms with Gasteiger partial charge in [-0.25, -0.2) is 0 Å². The molecule has 0 fully saturated rings. The number of hydrogen-bond acceptors (Lipinski definition) is 6. The van der Waals surface area contributed by atoms with Gasteiger partial charge in [-0.1, -0.05) is 34.8 Å². The minimum atomic E-state index is -0.0784. The Bertz CT molecular complexity index is 870. The van der Waals surface area contributed by atoms with Crippen molar-refractivity contribution in [1.82, 2.24) is 9.59 Å². The van der Waals surface area contributed by atoms with E-state index in [1.165, 1.54) is 23.3 Å². The fourth-order valence-corrected chi connectivity index (χ4v) is 3.56. The molecular weight excluding hydrogens is 340 g/mol. The van der Waals surface area contributed by atoms with Gasteiger partial charge < -0.3 is 5.32 Å². The molecule has 0 aliphatic rings. The molecule has 1 amide bonds. The standard InChI is InChI=1S/C17H12N4OS2/c18-10-12-6-8-13(9-7-12)16-17(24-21-20-16)23-11-15(22)19-14-4-2-1-3-5-14/h1-9H,11H2,(H,19,22). The third kappa shape index (κ3) is 3.98. The fourth-order valence-electron chi connectivity index (χ4n) is 2.00. The average molecular weight is 352 g/mol. The Hall–Kier alpha value is -2.69. The lowest BCUT2D eigenvalue weighted by Gasteiger charge is -2.04. The molecule has 7 heteroatoms. The molecule has 0 spiro atoms. The molecule has 0 aliphatic heterocycles. The van der Waals surface area contributed by atoms with Gasteiger partial charge >= 0.3 is 0 Å². The van der Waals surface area contributed by atoms with Crippen LogP contribution in [0.25, 0.3) is 11.3 Å². The molecule has 3 rings (SSSR count). The highest BCUT2D eigenvalue weighted by molar-refractivity contribution is 8.01. The number of hydrogen-bond donors (Lipinski definition) is 1. The molecule has 24 heavy (non-hydrogen) atoms. The minimum absolute atomic E-state index is 0.0784. The van der Waals surface area contributed by atoms with Gasteiger partial charge in [-0.05, 0) is 35.8 Å². The Morgan fingerprint density at radius 3 is 2.62 bits per heavy atom. The van der Waals surface area contributed by atoms with E-state index in [1.807, 2.05) is 42.5 Å². The van der Waals surface area contributed by atoms with Gasteiger partial charge in [0.1, 0.15) is 9.90 Å². The lowest BCUT2D eigenvalue weighted by molar-refractivity contribution is -0.113. The van der Waals surface area contributed by atoms with Crippen molar-refractivity contribution >= 4 is 34.9 Å². The molecule has 0 unspecified atom stereocenters. The van der Waals surface area contributed by atoms with Crippen LogP contribution in [-0.4, -0.2) is 21.2 Å². The summed E-state index contributed by atoms with van der Waals surface area (Å²) in [6.07, 6.45) is 0. The summed E-state index contributed by atoms with van der Waals surface area (Å²) in [4.78, 5) is 12.0. The number of para-hydroxylation sites is 1. The first-order valence-corrected chi connectivity index (χ1v) is 8.83. The predicted octanol–water partition coefficient (Wildman–Crippen LogP) is 3.81. The van der Waals surface area contributed by atoms with E-state index < -0.39 is 0 Å². The Morgan fingerprint density at radius 1 is 1.17 bits per heavy atom. The van der Waals surface area contributed by atoms with Crippen LogP contribution in [0.2, 0.25) is 0 Å². The maximum Gasteiger partial charge on any atom is 0.234 e. The van der Waals surface area contributed by atoms with Crippen molar-refractivity contribution in [1.29, 1.82) is 5.26 Å². The van der Waals surface area contributed by atoms with E-state index in [9.17, 15) is 4.79 Å². The Kier molecular flexibility index (Phi) is 5.21. The molecule has 1 aromatic heterocycles. The lowest BCUT2D eigenvalue weighted by Crippen LogP contribution is -2.13. The number of aromatic nitrogens is 2. The third-order valence-corrected chi connectivity index (χ3v) is 5.10. The van der Waals surface area contributed by atoms with Crippen molar-refractivity contribution < 1.29 is 4.79 Å². The van der Waals surface area contributed by atoms with E-state index >= 15 is 0 Å². The van der Waals surface area contributed by atoms with Crippen LogP contribution in [0.1, 0.15) is 5.56 Å². The zero-order valence-corrected chi connectivity index (χ0v) is 14.1. The molecule has 2 aromatic carbocycles. The zero-order chi connectivity index (χ0) is 16.8. The maximum absolute atomic E-state index is 12.0. The second kappa shape index (κ2) is 7.73. The smallest absolute Gasteiger partial charge is 0.234 e. The first-order chi connectivity index (χ1) is 11.8. The van der Waals surface area contributed by atoms with Crippen LogP contribution in [0.3, 0.4) is 0 Å². The summed E-state index contributed by atoms with van der Waals surface area (Å²) in [6.45, 7) is 0. The summed E-state index contributed by atoms with van der Waals surface area (Å²) < 4.78 is 4.85. The van der Waals surface area contributed by atoms with E-state index in [0.29, 0.717) is 5.56 Å². The van der Waals surface area contributed by atoms with Gasteiger partial charge in [0.2, 0.25) is 5.91 Å². The molecule has 0 saturated carbocycles. The maximum atomic E-state index is 12.0. The van der Waals surface area contributed by atoms with Crippen molar-refractivity contribution in [2.24, 2.45) is 0 Å². The van der Waals surface area contributed by atoms with Crippen LogP contribution >= 0.6 is 23.3 Å². The Balaban J connectivity index is 1.65. The fraction of sp³-hybridized carbons (Fsp3) is 0.0588. The van der Waals surface area contributed by atoms with Gasteiger partial charge in [0, 0.05) is 11.3 Å². The SMILES string of the molecule is N#Cc1ccc(-c2nnsc2SCC(=O)Nc2ccccc2)cc1. The molecule has 0 aliphatic carbocycles. The van der Waals surface area contributed by atoms with Crippen LogP contribution < -0.4 is 5.32 Å². The number of rotatable bonds is 5. The van der Waals surface area contributed by atoms with Crippen molar-refractivity contribution in [2.75, 3.05) is 11.1 Å². The molecule has 118 valence electrons. The molecule has 1 N–H and O–H groups in total. The first kappa shape index (κ1) is 16.2. The number of thioether (sulfide) groups is 1. The minimum Gasteiger partial charge on any atom is -0.325 e. The van der Waals surface area contributed by atoms with Crippen LogP contribution in [0.15, 0.2) is 58.8 Å². The van der Waals surface area contributed by atoms with Crippen LogP contribution in [0.4, 0.5) is 5.69 Å². The summed E-state index contributed by atoms with van der Waals surface area (Å²) in [5.74, 6) is 0.201. The first-order valence-electron chi connectivity index (χ1n) is 7.07. The second-order valence-corrected chi connectivity index (χ2v) is 6.80. The lowest BCUT2D eigenvalue weighted by atomic mass is 10.1. The average Bonchev–Trinajstić information content (AvgIpc) is 3.09. The van der Waals surface area contributed by atoms with Gasteiger partial charge in [0.15, 0.2) is 0 Å². The molecule has 1 heterocycles. The van der Waals surface area contributed by atoms with E-state index in [-0.39, 0.29) is 11.7 Å². The second-order valence-electron chi connectivity index (χ2n) is 4.80. The van der Waals surface area contributed by atoms with Crippen LogP contribution in [0.5, 0.6) is 0 Å². The highest BCUT2D eigenvalue weighted by atomic mass is 32.2. The molecule has 3 aromatic rings. The number of benzene rings is 2. The van der Waals surface area contributed by atoms with E-state index in [4.69, 9.17) is 5.26 Å². The van der Waals surface area contributed by atoms with E-state index in [1.54, 1.807) is 12.1 Å². The number of amides is 1. The molecule has 0 saturated heterocycles. The van der Waals surface area contributed by atoms with E-state index in [2.05, 4.69) is 21.0 Å². The van der Waals surface area contributed by atoms with Gasteiger partial charge in [0.05, 0.1) is 17.4 Å². The van der Waals surface area contributed by atoms with Crippen molar-refractivity contribution in [3.8, 4) is 17.3 Å². The van der Waals surface area contributed by atoms with Gasteiger partial charge in [0.25, 0.3) is 0 Å². The van der Waals surface area contributed by atoms with Gasteiger partial charge in [-0.2, -0.15) is 5.26 Å². The summed E-state index contributed by atoms with van der Waals surface area (Å²) in [7, 11) is 0. The molecular formula is C17H12N4OS2. The van der Waals surface area contributed by atoms with Crippen molar-refractivity contribution in [3.63, 3.8) is 0 Å². The Labute approximate surface area is 147 Å². The highest BCUT2D eigenvalue weighted by Crippen LogP contribution is 2.32. The van der Waals surface area contributed by atoms with Gasteiger partial charge in [-0.15, -0.1) is 16.9 Å². The summed E-state index contributed by atoms with van der Waals surface area (Å²) in [5.41, 5.74) is 2.99. The number of nitrogens with one attached hydrogen (secondary N) is 1. The normalized spacial score (nSPS) is 10.1. The largest absolute Gasteiger partial charge is 0.325 e. The molecule has 0 atom stereocenters. The number of nitriles is 1. The number of anilines is 1. The summed E-state index contributed by atoms with van der Waals surface area (Å²) in [6, 6.07) is 18.6. The molecule has 0 radical (unpaired) electrons. The molecule has 5 nitrogen and oxygen atoms in total. The van der Waals surface area contributed by atoms with Gasteiger partial charge in [-0.3, -0.25) is 4.79 Å². The quantitative estimate of drug-likeness (QED) is 0.707.